The zero-order chi connectivity index (χ0) is 28.2. The maximum atomic E-state index is 13.7. The van der Waals surface area contributed by atoms with Crippen molar-refractivity contribution in [3.63, 3.8) is 0 Å². The molecule has 208 valence electrons. The topological polar surface area (TPSA) is 97.0 Å². The van der Waals surface area contributed by atoms with E-state index in [4.69, 9.17) is 9.47 Å². The molecule has 0 saturated carbocycles. The molecule has 0 aliphatic carbocycles. The van der Waals surface area contributed by atoms with E-state index in [0.29, 0.717) is 34.5 Å². The van der Waals surface area contributed by atoms with E-state index >= 15 is 0 Å². The van der Waals surface area contributed by atoms with Crippen LogP contribution in [0.3, 0.4) is 0 Å². The zero-order valence-electron chi connectivity index (χ0n) is 23.2. The number of hydrogen-bond donors (Lipinski definition) is 2. The largest absolute Gasteiger partial charge is 0.497 e. The van der Waals surface area contributed by atoms with Crippen LogP contribution in [0.25, 0.3) is 0 Å². The van der Waals surface area contributed by atoms with E-state index < -0.39 is 10.0 Å². The average molecular weight is 552 g/mol. The van der Waals surface area contributed by atoms with Gasteiger partial charge < -0.3 is 19.7 Å². The fraction of sp³-hybridized carbons (Fsp3) is 0.367. The number of rotatable bonds is 9. The van der Waals surface area contributed by atoms with Gasteiger partial charge in [0.15, 0.2) is 0 Å². The molecule has 1 aliphatic heterocycles. The molecule has 0 spiro atoms. The first kappa shape index (κ1) is 28.3. The van der Waals surface area contributed by atoms with Gasteiger partial charge in [0.2, 0.25) is 0 Å². The van der Waals surface area contributed by atoms with E-state index in [9.17, 15) is 13.2 Å². The number of amides is 1. The average Bonchev–Trinajstić information content (AvgIpc) is 2.92. The van der Waals surface area contributed by atoms with Gasteiger partial charge in [-0.1, -0.05) is 32.9 Å². The van der Waals surface area contributed by atoms with Gasteiger partial charge in [-0.05, 0) is 72.7 Å². The van der Waals surface area contributed by atoms with Crippen molar-refractivity contribution in [1.29, 1.82) is 0 Å². The van der Waals surface area contributed by atoms with Crippen LogP contribution in [0.1, 0.15) is 43.1 Å². The third-order valence-electron chi connectivity index (χ3n) is 6.99. The van der Waals surface area contributed by atoms with Gasteiger partial charge >= 0.3 is 0 Å². The quantitative estimate of drug-likeness (QED) is 0.349. The predicted octanol–water partition coefficient (Wildman–Crippen LogP) is 5.80. The summed E-state index contributed by atoms with van der Waals surface area (Å²) in [6.07, 6.45) is 2.01. The highest BCUT2D eigenvalue weighted by atomic mass is 32.2. The second-order valence-corrected chi connectivity index (χ2v) is 11.9. The molecule has 0 aromatic heterocycles. The highest BCUT2D eigenvalue weighted by molar-refractivity contribution is 7.92. The van der Waals surface area contributed by atoms with Crippen molar-refractivity contribution >= 4 is 33.0 Å². The van der Waals surface area contributed by atoms with Gasteiger partial charge in [-0.3, -0.25) is 9.52 Å². The molecule has 1 heterocycles. The molecule has 0 radical (unpaired) electrons. The van der Waals surface area contributed by atoms with Gasteiger partial charge in [0, 0.05) is 30.4 Å². The SMILES string of the molecule is CCc1ccc(NC(=O)c2ccc(N3C[C@@H](C)C[C@H](C)C3)c(NS(=O)(=O)c3cc(OC)ccc3OC)c2)cc1. The number of benzene rings is 3. The normalized spacial score (nSPS) is 17.4. The van der Waals surface area contributed by atoms with Crippen molar-refractivity contribution in [2.45, 2.75) is 38.5 Å². The van der Waals surface area contributed by atoms with Gasteiger partial charge in [0.25, 0.3) is 15.9 Å². The van der Waals surface area contributed by atoms with Crippen molar-refractivity contribution in [3.8, 4) is 11.5 Å². The molecule has 0 bridgehead atoms. The van der Waals surface area contributed by atoms with Gasteiger partial charge in [0.1, 0.15) is 16.4 Å². The number of sulfonamides is 1. The molecule has 8 nitrogen and oxygen atoms in total. The van der Waals surface area contributed by atoms with Crippen LogP contribution in [0.15, 0.2) is 65.6 Å². The summed E-state index contributed by atoms with van der Waals surface area (Å²) in [4.78, 5) is 15.3. The first-order valence-electron chi connectivity index (χ1n) is 13.2. The fourth-order valence-electron chi connectivity index (χ4n) is 5.12. The van der Waals surface area contributed by atoms with Gasteiger partial charge in [-0.15, -0.1) is 0 Å². The van der Waals surface area contributed by atoms with Crippen molar-refractivity contribution in [1.82, 2.24) is 0 Å². The lowest BCUT2D eigenvalue weighted by Gasteiger charge is -2.37. The first-order chi connectivity index (χ1) is 18.6. The Hall–Kier alpha value is -3.72. The number of carbonyl (C=O) groups is 1. The van der Waals surface area contributed by atoms with Crippen LogP contribution in [0.5, 0.6) is 11.5 Å². The second-order valence-electron chi connectivity index (χ2n) is 10.2. The summed E-state index contributed by atoms with van der Waals surface area (Å²) in [5, 5.41) is 2.91. The van der Waals surface area contributed by atoms with Crippen molar-refractivity contribution in [2.75, 3.05) is 42.2 Å². The highest BCUT2D eigenvalue weighted by Gasteiger charge is 2.27. The Balaban J connectivity index is 1.72. The summed E-state index contributed by atoms with van der Waals surface area (Å²) in [5.74, 6) is 1.15. The number of nitrogens with one attached hydrogen (secondary N) is 2. The molecule has 2 N–H and O–H groups in total. The van der Waals surface area contributed by atoms with Crippen molar-refractivity contribution in [3.05, 3.63) is 71.8 Å². The molecule has 3 aromatic rings. The third-order valence-corrected chi connectivity index (χ3v) is 8.38. The molecule has 4 rings (SSSR count). The number of piperidine rings is 1. The van der Waals surface area contributed by atoms with Crippen LogP contribution >= 0.6 is 0 Å². The first-order valence-corrected chi connectivity index (χ1v) is 14.7. The molecular formula is C30H37N3O5S. The monoisotopic (exact) mass is 551 g/mol. The van der Waals surface area contributed by atoms with Crippen LogP contribution in [0, 0.1) is 11.8 Å². The van der Waals surface area contributed by atoms with Crippen LogP contribution in [0.4, 0.5) is 17.1 Å². The Bertz CT molecular complexity index is 1410. The number of carbonyl (C=O) groups excluding carboxylic acids is 1. The molecule has 1 fully saturated rings. The van der Waals surface area contributed by atoms with E-state index in [1.54, 1.807) is 24.3 Å². The summed E-state index contributed by atoms with van der Waals surface area (Å²) in [5.41, 5.74) is 3.24. The van der Waals surface area contributed by atoms with E-state index in [2.05, 4.69) is 35.7 Å². The minimum Gasteiger partial charge on any atom is -0.497 e. The molecule has 39 heavy (non-hydrogen) atoms. The summed E-state index contributed by atoms with van der Waals surface area (Å²) in [6.45, 7) is 8.04. The Morgan fingerprint density at radius 2 is 1.64 bits per heavy atom. The highest BCUT2D eigenvalue weighted by Crippen LogP contribution is 2.36. The molecule has 9 heteroatoms. The van der Waals surface area contributed by atoms with Gasteiger partial charge in [0.05, 0.1) is 25.6 Å². The van der Waals surface area contributed by atoms with Crippen LogP contribution in [-0.4, -0.2) is 41.6 Å². The minimum absolute atomic E-state index is 0.0541. The Morgan fingerprint density at radius 3 is 2.26 bits per heavy atom. The standard InChI is InChI=1S/C30H37N3O5S/c1-6-22-7-10-24(11-8-22)31-30(34)23-9-13-27(33-18-20(2)15-21(3)19-33)26(16-23)32-39(35,36)29-17-25(37-4)12-14-28(29)38-5/h7-14,16-17,20-21,32H,6,15,18-19H2,1-5H3,(H,31,34)/t20-,21-/m0/s1. The van der Waals surface area contributed by atoms with E-state index in [1.165, 1.54) is 25.8 Å². The van der Waals surface area contributed by atoms with E-state index in [1.807, 2.05) is 30.3 Å². The summed E-state index contributed by atoms with van der Waals surface area (Å²) >= 11 is 0. The van der Waals surface area contributed by atoms with Gasteiger partial charge in [-0.25, -0.2) is 8.42 Å². The smallest absolute Gasteiger partial charge is 0.265 e. The Morgan fingerprint density at radius 1 is 0.949 bits per heavy atom. The maximum absolute atomic E-state index is 13.7. The van der Waals surface area contributed by atoms with Gasteiger partial charge in [-0.2, -0.15) is 0 Å². The molecule has 1 amide bonds. The predicted molar refractivity (Wildman–Crippen MR) is 156 cm³/mol. The Labute approximate surface area is 231 Å². The molecule has 0 unspecified atom stereocenters. The van der Waals surface area contributed by atoms with Crippen LogP contribution in [-0.2, 0) is 16.4 Å². The lowest BCUT2D eigenvalue weighted by atomic mass is 9.91. The lowest BCUT2D eigenvalue weighted by Crippen LogP contribution is -2.39. The minimum atomic E-state index is -4.10. The number of ether oxygens (including phenoxy) is 2. The fourth-order valence-corrected chi connectivity index (χ4v) is 6.37. The molecule has 2 atom stereocenters. The van der Waals surface area contributed by atoms with E-state index in [-0.39, 0.29) is 16.6 Å². The number of nitrogens with zero attached hydrogens (tertiary/aromatic N) is 1. The maximum Gasteiger partial charge on any atom is 0.265 e. The zero-order valence-corrected chi connectivity index (χ0v) is 24.0. The number of methoxy groups -OCH3 is 2. The van der Waals surface area contributed by atoms with Crippen molar-refractivity contribution < 1.29 is 22.7 Å². The van der Waals surface area contributed by atoms with Crippen LogP contribution < -0.4 is 24.4 Å². The Kier molecular flexibility index (Phi) is 8.70. The number of hydrogen-bond acceptors (Lipinski definition) is 6. The molecule has 1 aliphatic rings. The molecular weight excluding hydrogens is 514 g/mol. The molecule has 3 aromatic carbocycles. The summed E-state index contributed by atoms with van der Waals surface area (Å²) in [7, 11) is -1.21. The summed E-state index contributed by atoms with van der Waals surface area (Å²) in [6, 6.07) is 17.4. The lowest BCUT2D eigenvalue weighted by molar-refractivity contribution is 0.102. The number of anilines is 3. The van der Waals surface area contributed by atoms with E-state index in [0.717, 1.165) is 31.6 Å². The number of aryl methyl sites for hydroxylation is 1. The third kappa shape index (κ3) is 6.65. The second kappa shape index (κ2) is 12.0. The summed E-state index contributed by atoms with van der Waals surface area (Å²) < 4.78 is 40.7. The van der Waals surface area contributed by atoms with Crippen molar-refractivity contribution in [2.24, 2.45) is 11.8 Å². The van der Waals surface area contributed by atoms with Crippen LogP contribution in [0.2, 0.25) is 0 Å². The molecule has 1 saturated heterocycles.